The molecule has 0 radical (unpaired) electrons. The molecular weight excluding hydrogens is 246 g/mol. The van der Waals surface area contributed by atoms with E-state index in [4.69, 9.17) is 0 Å². The van der Waals surface area contributed by atoms with Gasteiger partial charge in [0.1, 0.15) is 0 Å². The molecule has 20 heavy (non-hydrogen) atoms. The predicted molar refractivity (Wildman–Crippen MR) is 84.6 cm³/mol. The highest BCUT2D eigenvalue weighted by Crippen LogP contribution is 2.27. The number of benzene rings is 2. The molecule has 0 fully saturated rings. The predicted octanol–water partition coefficient (Wildman–Crippen LogP) is 4.65. The van der Waals surface area contributed by atoms with Crippen molar-refractivity contribution in [1.82, 2.24) is 0 Å². The number of hydrogen-bond acceptors (Lipinski definition) is 1. The van der Waals surface area contributed by atoms with E-state index >= 15 is 0 Å². The highest BCUT2D eigenvalue weighted by molar-refractivity contribution is 6.05. The molecule has 0 heterocycles. The molecule has 0 unspecified atom stereocenters. The first kappa shape index (κ1) is 14.1. The topological polar surface area (TPSA) is 29.1 Å². The van der Waals surface area contributed by atoms with Gasteiger partial charge < -0.3 is 5.32 Å². The average Bonchev–Trinajstić information content (AvgIpc) is 2.49. The normalized spacial score (nSPS) is 11.2. The van der Waals surface area contributed by atoms with Crippen LogP contribution in [-0.2, 0) is 4.79 Å². The average molecular weight is 265 g/mol. The zero-order valence-electron chi connectivity index (χ0n) is 11.9. The Kier molecular flexibility index (Phi) is 4.72. The highest BCUT2D eigenvalue weighted by atomic mass is 16.1. The quantitative estimate of drug-likeness (QED) is 0.801. The van der Waals surface area contributed by atoms with Crippen LogP contribution >= 0.6 is 0 Å². The van der Waals surface area contributed by atoms with E-state index in [1.54, 1.807) is 0 Å². The van der Waals surface area contributed by atoms with Crippen LogP contribution in [-0.4, -0.2) is 5.91 Å². The number of anilines is 1. The van der Waals surface area contributed by atoms with Crippen LogP contribution in [0.4, 0.5) is 5.69 Å². The molecule has 2 heteroatoms. The number of carbonyl (C=O) groups excluding carboxylic acids is 1. The van der Waals surface area contributed by atoms with Gasteiger partial charge in [0.25, 0.3) is 5.91 Å². The van der Waals surface area contributed by atoms with Gasteiger partial charge in [-0.2, -0.15) is 0 Å². The first-order valence-electron chi connectivity index (χ1n) is 6.85. The van der Waals surface area contributed by atoms with Crippen LogP contribution in [0.5, 0.6) is 0 Å². The van der Waals surface area contributed by atoms with Gasteiger partial charge in [-0.25, -0.2) is 0 Å². The number of amides is 1. The Hall–Kier alpha value is -2.35. The first-order chi connectivity index (χ1) is 9.72. The van der Waals surface area contributed by atoms with Gasteiger partial charge in [-0.3, -0.25) is 4.79 Å². The van der Waals surface area contributed by atoms with Crippen molar-refractivity contribution < 1.29 is 4.79 Å². The van der Waals surface area contributed by atoms with E-state index < -0.39 is 0 Å². The summed E-state index contributed by atoms with van der Waals surface area (Å²) in [6.45, 7) is 3.86. The van der Waals surface area contributed by atoms with Gasteiger partial charge >= 0.3 is 0 Å². The molecule has 0 aliphatic carbocycles. The molecule has 0 saturated heterocycles. The largest absolute Gasteiger partial charge is 0.322 e. The molecule has 2 rings (SSSR count). The Morgan fingerprint density at radius 1 is 1.05 bits per heavy atom. The Morgan fingerprint density at radius 3 is 2.40 bits per heavy atom. The molecule has 0 atom stereocenters. The molecule has 0 aliphatic heterocycles. The summed E-state index contributed by atoms with van der Waals surface area (Å²) >= 11 is 0. The smallest absolute Gasteiger partial charge is 0.250 e. The van der Waals surface area contributed by atoms with Gasteiger partial charge in [0.15, 0.2) is 0 Å². The van der Waals surface area contributed by atoms with Crippen molar-refractivity contribution in [3.05, 3.63) is 66.2 Å². The van der Waals surface area contributed by atoms with Gasteiger partial charge in [-0.1, -0.05) is 61.5 Å². The van der Waals surface area contributed by atoms with Crippen molar-refractivity contribution in [2.45, 2.75) is 20.3 Å². The molecule has 0 aliphatic rings. The molecule has 0 bridgehead atoms. The van der Waals surface area contributed by atoms with Gasteiger partial charge in [0, 0.05) is 16.8 Å². The highest BCUT2D eigenvalue weighted by Gasteiger charge is 2.08. The maximum absolute atomic E-state index is 12.1. The molecule has 102 valence electrons. The van der Waals surface area contributed by atoms with Crippen LogP contribution in [0.15, 0.2) is 66.2 Å². The molecular formula is C18H19NO. The molecule has 0 aromatic heterocycles. The van der Waals surface area contributed by atoms with Crippen molar-refractivity contribution in [1.29, 1.82) is 0 Å². The van der Waals surface area contributed by atoms with Crippen LogP contribution in [0.1, 0.15) is 20.3 Å². The third-order valence-electron chi connectivity index (χ3n) is 3.13. The Balaban J connectivity index is 2.30. The third-order valence-corrected chi connectivity index (χ3v) is 3.13. The van der Waals surface area contributed by atoms with E-state index in [9.17, 15) is 4.79 Å². The standard InChI is InChI=1S/C18H19NO/c1-3-9-14(2)18(20)19-17-13-8-7-12-16(17)15-10-5-4-6-11-15/h4-13H,3H2,1-2H3,(H,19,20). The first-order valence-corrected chi connectivity index (χ1v) is 6.85. The molecule has 2 aromatic carbocycles. The van der Waals surface area contributed by atoms with Crippen LogP contribution in [0.3, 0.4) is 0 Å². The van der Waals surface area contributed by atoms with E-state index in [0.29, 0.717) is 0 Å². The van der Waals surface area contributed by atoms with Crippen LogP contribution in [0, 0.1) is 0 Å². The van der Waals surface area contributed by atoms with Gasteiger partial charge in [0.05, 0.1) is 0 Å². The minimum absolute atomic E-state index is 0.0461. The second-order valence-electron chi connectivity index (χ2n) is 4.66. The molecule has 2 nitrogen and oxygen atoms in total. The van der Waals surface area contributed by atoms with E-state index in [1.807, 2.05) is 74.5 Å². The molecule has 2 aromatic rings. The van der Waals surface area contributed by atoms with E-state index in [0.717, 1.165) is 28.8 Å². The molecule has 1 amide bonds. The fraction of sp³-hybridized carbons (Fsp3) is 0.167. The second kappa shape index (κ2) is 6.71. The molecule has 0 spiro atoms. The van der Waals surface area contributed by atoms with Gasteiger partial charge in [0.2, 0.25) is 0 Å². The summed E-state index contributed by atoms with van der Waals surface area (Å²) in [5.41, 5.74) is 3.72. The Morgan fingerprint density at radius 2 is 1.70 bits per heavy atom. The van der Waals surface area contributed by atoms with Gasteiger partial charge in [-0.15, -0.1) is 0 Å². The maximum Gasteiger partial charge on any atom is 0.250 e. The summed E-state index contributed by atoms with van der Waals surface area (Å²) in [4.78, 5) is 12.1. The zero-order chi connectivity index (χ0) is 14.4. The number of para-hydroxylation sites is 1. The summed E-state index contributed by atoms with van der Waals surface area (Å²) < 4.78 is 0. The summed E-state index contributed by atoms with van der Waals surface area (Å²) in [5, 5.41) is 2.99. The fourth-order valence-electron chi connectivity index (χ4n) is 2.08. The molecule has 1 N–H and O–H groups in total. The summed E-state index contributed by atoms with van der Waals surface area (Å²) in [7, 11) is 0. The van der Waals surface area contributed by atoms with Gasteiger partial charge in [-0.05, 0) is 25.0 Å². The van der Waals surface area contributed by atoms with E-state index in [-0.39, 0.29) is 5.91 Å². The van der Waals surface area contributed by atoms with Crippen molar-refractivity contribution in [2.75, 3.05) is 5.32 Å². The SMILES string of the molecule is CCC=C(C)C(=O)Nc1ccccc1-c1ccccc1. The van der Waals surface area contributed by atoms with E-state index in [1.165, 1.54) is 0 Å². The number of nitrogens with one attached hydrogen (secondary N) is 1. The monoisotopic (exact) mass is 265 g/mol. The molecule has 0 saturated carbocycles. The van der Waals surface area contributed by atoms with Crippen molar-refractivity contribution in [3.63, 3.8) is 0 Å². The minimum atomic E-state index is -0.0461. The fourth-order valence-corrected chi connectivity index (χ4v) is 2.08. The van der Waals surface area contributed by atoms with Crippen molar-refractivity contribution in [3.8, 4) is 11.1 Å². The maximum atomic E-state index is 12.1. The summed E-state index contributed by atoms with van der Waals surface area (Å²) in [6.07, 6.45) is 2.79. The lowest BCUT2D eigenvalue weighted by atomic mass is 10.0. The Bertz CT molecular complexity index is 614. The lowest BCUT2D eigenvalue weighted by Crippen LogP contribution is -2.13. The lowest BCUT2D eigenvalue weighted by molar-refractivity contribution is -0.112. The van der Waals surface area contributed by atoms with Crippen LogP contribution in [0.2, 0.25) is 0 Å². The van der Waals surface area contributed by atoms with E-state index in [2.05, 4.69) is 5.32 Å². The zero-order valence-corrected chi connectivity index (χ0v) is 11.9. The van der Waals surface area contributed by atoms with Crippen LogP contribution in [0.25, 0.3) is 11.1 Å². The lowest BCUT2D eigenvalue weighted by Gasteiger charge is -2.11. The Labute approximate surface area is 120 Å². The third kappa shape index (κ3) is 3.35. The number of allylic oxidation sites excluding steroid dienone is 1. The second-order valence-corrected chi connectivity index (χ2v) is 4.66. The number of carbonyl (C=O) groups is 1. The number of rotatable bonds is 4. The van der Waals surface area contributed by atoms with Crippen LogP contribution < -0.4 is 5.32 Å². The number of hydrogen-bond donors (Lipinski definition) is 1. The summed E-state index contributed by atoms with van der Waals surface area (Å²) in [5.74, 6) is -0.0461. The summed E-state index contributed by atoms with van der Waals surface area (Å²) in [6, 6.07) is 17.9. The van der Waals surface area contributed by atoms with Crippen molar-refractivity contribution >= 4 is 11.6 Å². The van der Waals surface area contributed by atoms with Crippen molar-refractivity contribution in [2.24, 2.45) is 0 Å². The minimum Gasteiger partial charge on any atom is -0.322 e.